The van der Waals surface area contributed by atoms with E-state index in [0.29, 0.717) is 0 Å². The summed E-state index contributed by atoms with van der Waals surface area (Å²) in [4.78, 5) is 7.26. The van der Waals surface area contributed by atoms with Gasteiger partial charge in [0.05, 0.1) is 50.2 Å². The minimum absolute atomic E-state index is 0.959. The summed E-state index contributed by atoms with van der Waals surface area (Å²) in [5.74, 6) is 0. The van der Waals surface area contributed by atoms with Gasteiger partial charge in [-0.15, -0.1) is 0 Å². The third kappa shape index (κ3) is 12.9. The van der Waals surface area contributed by atoms with E-state index in [1.807, 2.05) is 0 Å². The van der Waals surface area contributed by atoms with E-state index in [0.717, 1.165) is 101 Å². The molecule has 0 bridgehead atoms. The van der Waals surface area contributed by atoms with Gasteiger partial charge in [-0.25, -0.2) is 0 Å². The Morgan fingerprint density at radius 1 is 0.117 bits per heavy atom. The zero-order valence-electron chi connectivity index (χ0n) is 65.7. The van der Waals surface area contributed by atoms with E-state index in [4.69, 9.17) is 0 Å². The molecule has 0 aliphatic rings. The van der Waals surface area contributed by atoms with Crippen molar-refractivity contribution in [3.63, 3.8) is 0 Å². The Hall–Kier alpha value is -16.0. The number of anilines is 9. The van der Waals surface area contributed by atoms with Crippen molar-refractivity contribution < 1.29 is 0 Å². The molecule has 0 amide bonds. The minimum Gasteiger partial charge on any atom is -0.310 e. The second kappa shape index (κ2) is 30.3. The van der Waals surface area contributed by atoms with Crippen LogP contribution >= 0.6 is 0 Å². The van der Waals surface area contributed by atoms with Crippen LogP contribution in [-0.4, -0.2) is 13.7 Å². The fourth-order valence-corrected chi connectivity index (χ4v) is 18.1. The maximum atomic E-state index is 2.44. The van der Waals surface area contributed by atoms with Crippen LogP contribution in [0.15, 0.2) is 473 Å². The van der Waals surface area contributed by atoms with Crippen molar-refractivity contribution in [3.8, 4) is 83.8 Å². The van der Waals surface area contributed by atoms with Gasteiger partial charge in [0.1, 0.15) is 0 Å². The van der Waals surface area contributed by atoms with Gasteiger partial charge < -0.3 is 28.4 Å². The number of rotatable bonds is 18. The molecule has 0 radical (unpaired) electrons. The lowest BCUT2D eigenvalue weighted by Gasteiger charge is -2.33. The molecule has 0 aliphatic heterocycles. The number of para-hydroxylation sites is 3. The summed E-state index contributed by atoms with van der Waals surface area (Å²) in [6.07, 6.45) is 0. The molecule has 0 spiro atoms. The summed E-state index contributed by atoms with van der Waals surface area (Å²) in [5.41, 5.74) is 33.1. The van der Waals surface area contributed by atoms with Crippen molar-refractivity contribution in [3.05, 3.63) is 473 Å². The van der Waals surface area contributed by atoms with Gasteiger partial charge >= 0.3 is 0 Å². The lowest BCUT2D eigenvalue weighted by atomic mass is 10.0. The van der Waals surface area contributed by atoms with E-state index in [1.165, 1.54) is 99.1 Å². The molecule has 3 heterocycles. The highest BCUT2D eigenvalue weighted by atomic mass is 15.2. The van der Waals surface area contributed by atoms with Crippen molar-refractivity contribution in [2.24, 2.45) is 0 Å². The van der Waals surface area contributed by atoms with Crippen LogP contribution in [0.5, 0.6) is 0 Å². The molecule has 0 fully saturated rings. The van der Waals surface area contributed by atoms with Gasteiger partial charge in [-0.1, -0.05) is 273 Å². The molecule has 22 aromatic rings. The molecule has 0 unspecified atom stereocenters. The zero-order valence-corrected chi connectivity index (χ0v) is 65.7. The zero-order chi connectivity index (χ0) is 79.4. The average Bonchev–Trinajstić information content (AvgIpc) is 1.48. The van der Waals surface area contributed by atoms with Crippen LogP contribution in [0.4, 0.5) is 51.2 Å². The number of benzene rings is 19. The van der Waals surface area contributed by atoms with Crippen LogP contribution in [0, 0.1) is 0 Å². The highest BCUT2D eigenvalue weighted by molar-refractivity contribution is 6.15. The molecule has 0 saturated carbocycles. The van der Waals surface area contributed by atoms with Gasteiger partial charge in [-0.05, 0) is 267 Å². The van der Waals surface area contributed by atoms with Crippen molar-refractivity contribution in [1.29, 1.82) is 0 Å². The van der Waals surface area contributed by atoms with Gasteiger partial charge in [0.2, 0.25) is 0 Å². The summed E-state index contributed by atoms with van der Waals surface area (Å²) in [6.45, 7) is 0. The number of fused-ring (bicyclic) bond motifs is 9. The van der Waals surface area contributed by atoms with Crippen molar-refractivity contribution in [2.45, 2.75) is 0 Å². The predicted octanol–water partition coefficient (Wildman–Crippen LogP) is 31.4. The van der Waals surface area contributed by atoms with Crippen LogP contribution in [0.1, 0.15) is 0 Å². The molecule has 0 saturated heterocycles. The van der Waals surface area contributed by atoms with E-state index in [-0.39, 0.29) is 0 Å². The Kier molecular flexibility index (Phi) is 17.8. The maximum Gasteiger partial charge on any atom is 0.0541 e. The Labute approximate surface area is 697 Å². The Morgan fingerprint density at radius 3 is 0.450 bits per heavy atom. The fourth-order valence-electron chi connectivity index (χ4n) is 18.1. The molecule has 3 aromatic heterocycles. The first-order chi connectivity index (χ1) is 59.5. The van der Waals surface area contributed by atoms with E-state index in [9.17, 15) is 0 Å². The van der Waals surface area contributed by atoms with Crippen LogP contribution in [-0.2, 0) is 0 Å². The lowest BCUT2D eigenvalue weighted by Crippen LogP contribution is -2.16. The fraction of sp³-hybridized carbons (Fsp3) is 0. The molecule has 120 heavy (non-hydrogen) atoms. The molecular weight excluding hydrogens is 1450 g/mol. The molecule has 0 aliphatic carbocycles. The molecule has 0 atom stereocenters. The Balaban J connectivity index is 0.723. The molecule has 564 valence electrons. The van der Waals surface area contributed by atoms with Gasteiger partial charge in [0, 0.05) is 83.5 Å². The predicted molar refractivity (Wildman–Crippen MR) is 506 cm³/mol. The van der Waals surface area contributed by atoms with E-state index < -0.39 is 0 Å². The normalized spacial score (nSPS) is 11.5. The lowest BCUT2D eigenvalue weighted by molar-refractivity contribution is 1.17. The smallest absolute Gasteiger partial charge is 0.0541 e. The number of aromatic nitrogens is 3. The molecule has 19 aromatic carbocycles. The van der Waals surface area contributed by atoms with E-state index >= 15 is 0 Å². The second-order valence-electron chi connectivity index (χ2n) is 30.9. The van der Waals surface area contributed by atoms with Crippen LogP contribution < -0.4 is 14.7 Å². The molecular formula is C114H78N6. The summed E-state index contributed by atoms with van der Waals surface area (Å²) < 4.78 is 7.31. The second-order valence-corrected chi connectivity index (χ2v) is 30.9. The third-order valence-corrected chi connectivity index (χ3v) is 23.7. The Bertz CT molecular complexity index is 6480. The number of nitrogens with zero attached hydrogens (tertiary/aromatic N) is 6. The van der Waals surface area contributed by atoms with Crippen molar-refractivity contribution in [2.75, 3.05) is 14.7 Å². The minimum atomic E-state index is 0.959. The highest BCUT2D eigenvalue weighted by Gasteiger charge is 2.26. The third-order valence-electron chi connectivity index (χ3n) is 23.7. The molecule has 6 heteroatoms. The maximum absolute atomic E-state index is 2.44. The molecule has 0 N–H and O–H groups in total. The first kappa shape index (κ1) is 70.6. The first-order valence-electron chi connectivity index (χ1n) is 41.1. The summed E-state index contributed by atoms with van der Waals surface area (Å²) in [7, 11) is 0. The molecule has 6 nitrogen and oxygen atoms in total. The van der Waals surface area contributed by atoms with Gasteiger partial charge in [-0.3, -0.25) is 0 Å². The number of hydrogen-bond donors (Lipinski definition) is 0. The summed E-state index contributed by atoms with van der Waals surface area (Å²) >= 11 is 0. The quantitative estimate of drug-likeness (QED) is 0.0856. The SMILES string of the molecule is c1ccc(-c2ccc3c(c2)c2cc(-c4ccccc4)ccc2n3-c2ccc(N(c3ccccc3)c3cc(N(c4ccccc4)c4ccc(-n5c6ccc(-c7ccccc7)cc6c6cc(-c7ccccc7)ccc65)cc4)cc(N(c4ccccc4)c4ccc(-n5c6ccc(-c7ccccc7)cc6c6cc(-c7ccccc7)ccc65)cc4)c3)cc2)cc1. The summed E-state index contributed by atoms with van der Waals surface area (Å²) in [6, 6.07) is 173. The van der Waals surface area contributed by atoms with E-state index in [1.54, 1.807) is 0 Å². The highest BCUT2D eigenvalue weighted by Crippen LogP contribution is 2.49. The van der Waals surface area contributed by atoms with Gasteiger partial charge in [0.15, 0.2) is 0 Å². The van der Waals surface area contributed by atoms with Crippen LogP contribution in [0.2, 0.25) is 0 Å². The van der Waals surface area contributed by atoms with Gasteiger partial charge in [-0.2, -0.15) is 0 Å². The molecule has 22 rings (SSSR count). The monoisotopic (exact) mass is 1530 g/mol. The first-order valence-corrected chi connectivity index (χ1v) is 41.1. The Morgan fingerprint density at radius 2 is 0.275 bits per heavy atom. The van der Waals surface area contributed by atoms with E-state index in [2.05, 4.69) is 502 Å². The van der Waals surface area contributed by atoms with Gasteiger partial charge in [0.25, 0.3) is 0 Å². The van der Waals surface area contributed by atoms with Crippen LogP contribution in [0.3, 0.4) is 0 Å². The number of hydrogen-bond acceptors (Lipinski definition) is 3. The average molecular weight is 1530 g/mol. The summed E-state index contributed by atoms with van der Waals surface area (Å²) in [5, 5.41) is 7.18. The standard InChI is InChI=1S/C114H78N6/c1-10-28-79(29-11-1)85-46-64-109-103(70-85)104-71-86(80-30-12-2-13-31-80)47-65-110(104)118(109)97-58-52-94(53-59-97)115(91-40-22-7-23-41-91)100-76-101(116(92-42-24-8-25-43-92)95-54-60-98(61-55-95)119-111-66-48-87(81-32-14-3-15-33-81)72-105(111)106-73-88(49-67-112(106)119)82-34-16-4-17-35-82)78-102(77-100)117(93-44-26-9-27-45-93)96-56-62-99(63-57-96)120-113-68-50-89(83-36-18-5-19-37-83)74-107(113)108-75-90(51-69-114(108)120)84-38-20-6-21-39-84/h1-78H. The van der Waals surface area contributed by atoms with Crippen molar-refractivity contribution >= 4 is 117 Å². The topological polar surface area (TPSA) is 24.5 Å². The van der Waals surface area contributed by atoms with Crippen LogP contribution in [0.25, 0.3) is 149 Å². The largest absolute Gasteiger partial charge is 0.310 e. The van der Waals surface area contributed by atoms with Crippen molar-refractivity contribution in [1.82, 2.24) is 13.7 Å².